The molecule has 26 heavy (non-hydrogen) atoms. The number of nitrogens with one attached hydrogen (secondary N) is 2. The quantitative estimate of drug-likeness (QED) is 0.262. The smallest absolute Gasteiger partial charge is 0.195 e. The minimum atomic E-state index is 0. The molecule has 0 aromatic heterocycles. The van der Waals surface area contributed by atoms with Gasteiger partial charge in [-0.05, 0) is 37.5 Å². The van der Waals surface area contributed by atoms with Gasteiger partial charge in [-0.3, -0.25) is 4.99 Å². The molecule has 0 spiro atoms. The molecule has 0 fully saturated rings. The molecule has 2 rings (SSSR count). The molecule has 0 aliphatic carbocycles. The Morgan fingerprint density at radius 2 is 1.73 bits per heavy atom. The average Bonchev–Trinajstić information content (AvgIpc) is 2.66. The third-order valence-electron chi connectivity index (χ3n) is 3.73. The number of aliphatic imine (C=N–C) groups is 1. The zero-order valence-electron chi connectivity index (χ0n) is 15.6. The van der Waals surface area contributed by atoms with Crippen molar-refractivity contribution in [3.8, 4) is 11.5 Å². The lowest BCUT2D eigenvalue weighted by molar-refractivity contribution is 0.355. The van der Waals surface area contributed by atoms with Crippen LogP contribution in [0.15, 0.2) is 53.5 Å². The maximum atomic E-state index is 5.34. The molecule has 2 N–H and O–H groups in total. The van der Waals surface area contributed by atoms with E-state index in [-0.39, 0.29) is 24.0 Å². The molecule has 2 aromatic carbocycles. The Morgan fingerprint density at radius 1 is 1.00 bits per heavy atom. The number of benzene rings is 2. The highest BCUT2D eigenvalue weighted by molar-refractivity contribution is 14.0. The SMILES string of the molecule is CCNC(=NCCCc1ccccc1)Nc1ccc(OC)c(OC)c1.I. The molecule has 0 saturated heterocycles. The van der Waals surface area contributed by atoms with Crippen LogP contribution in [0.5, 0.6) is 11.5 Å². The highest BCUT2D eigenvalue weighted by Crippen LogP contribution is 2.29. The van der Waals surface area contributed by atoms with Crippen LogP contribution >= 0.6 is 24.0 Å². The molecule has 0 radical (unpaired) electrons. The third kappa shape index (κ3) is 7.11. The van der Waals surface area contributed by atoms with E-state index in [4.69, 9.17) is 9.47 Å². The van der Waals surface area contributed by atoms with E-state index in [0.717, 1.165) is 37.6 Å². The molecule has 0 unspecified atom stereocenters. The summed E-state index contributed by atoms with van der Waals surface area (Å²) in [4.78, 5) is 4.64. The van der Waals surface area contributed by atoms with Crippen LogP contribution in [0.4, 0.5) is 5.69 Å². The van der Waals surface area contributed by atoms with Crippen molar-refractivity contribution in [2.24, 2.45) is 4.99 Å². The molecular formula is C20H28IN3O2. The molecule has 0 aliphatic heterocycles. The molecule has 0 atom stereocenters. The summed E-state index contributed by atoms with van der Waals surface area (Å²) in [6.07, 6.45) is 2.03. The van der Waals surface area contributed by atoms with E-state index in [9.17, 15) is 0 Å². The van der Waals surface area contributed by atoms with E-state index in [2.05, 4.69) is 46.8 Å². The summed E-state index contributed by atoms with van der Waals surface area (Å²) in [6.45, 7) is 3.62. The van der Waals surface area contributed by atoms with Gasteiger partial charge in [0.1, 0.15) is 0 Å². The first-order chi connectivity index (χ1) is 12.3. The fourth-order valence-corrected chi connectivity index (χ4v) is 2.48. The van der Waals surface area contributed by atoms with Gasteiger partial charge in [0.05, 0.1) is 14.2 Å². The van der Waals surface area contributed by atoms with Crippen molar-refractivity contribution in [1.29, 1.82) is 0 Å². The van der Waals surface area contributed by atoms with Crippen LogP contribution < -0.4 is 20.1 Å². The lowest BCUT2D eigenvalue weighted by Gasteiger charge is -2.13. The molecule has 0 saturated carbocycles. The van der Waals surface area contributed by atoms with E-state index in [0.29, 0.717) is 11.5 Å². The van der Waals surface area contributed by atoms with Gasteiger partial charge in [0.15, 0.2) is 17.5 Å². The first-order valence-corrected chi connectivity index (χ1v) is 8.58. The van der Waals surface area contributed by atoms with Crippen molar-refractivity contribution in [3.05, 3.63) is 54.1 Å². The Balaban J connectivity index is 0.00000338. The number of hydrogen-bond acceptors (Lipinski definition) is 3. The Labute approximate surface area is 173 Å². The highest BCUT2D eigenvalue weighted by Gasteiger charge is 2.06. The average molecular weight is 469 g/mol. The number of ether oxygens (including phenoxy) is 2. The summed E-state index contributed by atoms with van der Waals surface area (Å²) in [7, 11) is 3.26. The van der Waals surface area contributed by atoms with Crippen LogP contribution in [0.1, 0.15) is 18.9 Å². The summed E-state index contributed by atoms with van der Waals surface area (Å²) < 4.78 is 10.6. The number of halogens is 1. The minimum Gasteiger partial charge on any atom is -0.493 e. The maximum Gasteiger partial charge on any atom is 0.195 e. The number of aryl methyl sites for hydroxylation is 1. The van der Waals surface area contributed by atoms with Gasteiger partial charge in [-0.1, -0.05) is 30.3 Å². The molecular weight excluding hydrogens is 441 g/mol. The van der Waals surface area contributed by atoms with Crippen LogP contribution in [0.25, 0.3) is 0 Å². The van der Waals surface area contributed by atoms with Crippen LogP contribution in [-0.2, 0) is 6.42 Å². The summed E-state index contributed by atoms with van der Waals surface area (Å²) in [5, 5.41) is 6.57. The predicted octanol–water partition coefficient (Wildman–Crippen LogP) is 4.33. The van der Waals surface area contributed by atoms with Crippen molar-refractivity contribution in [1.82, 2.24) is 5.32 Å². The number of hydrogen-bond donors (Lipinski definition) is 2. The van der Waals surface area contributed by atoms with E-state index in [1.807, 2.05) is 24.3 Å². The van der Waals surface area contributed by atoms with E-state index in [1.165, 1.54) is 5.56 Å². The van der Waals surface area contributed by atoms with Crippen LogP contribution in [-0.4, -0.2) is 33.3 Å². The molecule has 6 heteroatoms. The first-order valence-electron chi connectivity index (χ1n) is 8.58. The number of anilines is 1. The second kappa shape index (κ2) is 12.4. The zero-order valence-corrected chi connectivity index (χ0v) is 17.9. The van der Waals surface area contributed by atoms with Crippen molar-refractivity contribution in [3.63, 3.8) is 0 Å². The Hall–Kier alpha value is -1.96. The van der Waals surface area contributed by atoms with Crippen LogP contribution in [0.3, 0.4) is 0 Å². The number of methoxy groups -OCH3 is 2. The fourth-order valence-electron chi connectivity index (χ4n) is 2.48. The van der Waals surface area contributed by atoms with Gasteiger partial charge >= 0.3 is 0 Å². The Morgan fingerprint density at radius 3 is 2.38 bits per heavy atom. The highest BCUT2D eigenvalue weighted by atomic mass is 127. The lowest BCUT2D eigenvalue weighted by atomic mass is 10.1. The van der Waals surface area contributed by atoms with Gasteiger partial charge < -0.3 is 20.1 Å². The van der Waals surface area contributed by atoms with Gasteiger partial charge in [-0.25, -0.2) is 0 Å². The summed E-state index contributed by atoms with van der Waals surface area (Å²) >= 11 is 0. The van der Waals surface area contributed by atoms with E-state index in [1.54, 1.807) is 14.2 Å². The van der Waals surface area contributed by atoms with Crippen molar-refractivity contribution in [2.75, 3.05) is 32.6 Å². The molecule has 0 bridgehead atoms. The topological polar surface area (TPSA) is 54.9 Å². The fraction of sp³-hybridized carbons (Fsp3) is 0.350. The Kier molecular flexibility index (Phi) is 10.5. The molecule has 142 valence electrons. The predicted molar refractivity (Wildman–Crippen MR) is 119 cm³/mol. The van der Waals surface area contributed by atoms with Crippen molar-refractivity contribution < 1.29 is 9.47 Å². The van der Waals surface area contributed by atoms with Crippen molar-refractivity contribution in [2.45, 2.75) is 19.8 Å². The summed E-state index contributed by atoms with van der Waals surface area (Å²) in [6, 6.07) is 16.2. The van der Waals surface area contributed by atoms with Gasteiger partial charge in [0, 0.05) is 24.8 Å². The van der Waals surface area contributed by atoms with Gasteiger partial charge in [-0.2, -0.15) is 0 Å². The van der Waals surface area contributed by atoms with Gasteiger partial charge in [0.25, 0.3) is 0 Å². The minimum absolute atomic E-state index is 0. The summed E-state index contributed by atoms with van der Waals surface area (Å²) in [5.74, 6) is 2.16. The van der Waals surface area contributed by atoms with E-state index < -0.39 is 0 Å². The summed E-state index contributed by atoms with van der Waals surface area (Å²) in [5.41, 5.74) is 2.25. The van der Waals surface area contributed by atoms with Gasteiger partial charge in [-0.15, -0.1) is 24.0 Å². The van der Waals surface area contributed by atoms with Crippen molar-refractivity contribution >= 4 is 35.6 Å². The molecule has 0 amide bonds. The normalized spacial score (nSPS) is 10.7. The zero-order chi connectivity index (χ0) is 17.9. The molecule has 0 aliphatic rings. The standard InChI is InChI=1S/C20H27N3O2.HI/c1-4-21-20(22-14-8-11-16-9-6-5-7-10-16)23-17-12-13-18(24-2)19(15-17)25-3;/h5-7,9-10,12-13,15H,4,8,11,14H2,1-3H3,(H2,21,22,23);1H. The lowest BCUT2D eigenvalue weighted by Crippen LogP contribution is -2.30. The van der Waals surface area contributed by atoms with Crippen LogP contribution in [0.2, 0.25) is 0 Å². The Bertz CT molecular complexity index is 678. The van der Waals surface area contributed by atoms with Gasteiger partial charge in [0.2, 0.25) is 0 Å². The van der Waals surface area contributed by atoms with E-state index >= 15 is 0 Å². The second-order valence-corrected chi connectivity index (χ2v) is 5.54. The largest absolute Gasteiger partial charge is 0.493 e. The van der Waals surface area contributed by atoms with Crippen LogP contribution in [0, 0.1) is 0 Å². The number of rotatable bonds is 8. The molecule has 0 heterocycles. The molecule has 2 aromatic rings. The monoisotopic (exact) mass is 469 g/mol. The number of guanidine groups is 1. The second-order valence-electron chi connectivity index (χ2n) is 5.54. The third-order valence-corrected chi connectivity index (χ3v) is 3.73. The molecule has 5 nitrogen and oxygen atoms in total. The first kappa shape index (κ1) is 22.1. The maximum absolute atomic E-state index is 5.34. The number of nitrogens with zero attached hydrogens (tertiary/aromatic N) is 1.